The Balaban J connectivity index is 2.13. The molecule has 2 rings (SSSR count). The third-order valence-electron chi connectivity index (χ3n) is 3.15. The van der Waals surface area contributed by atoms with Crippen molar-refractivity contribution in [2.24, 2.45) is 11.8 Å². The van der Waals surface area contributed by atoms with Crippen LogP contribution in [0.1, 0.15) is 32.3 Å². The topological polar surface area (TPSA) is 75.9 Å². The van der Waals surface area contributed by atoms with Crippen molar-refractivity contribution < 1.29 is 0 Å². The van der Waals surface area contributed by atoms with Gasteiger partial charge in [0.05, 0.1) is 0 Å². The average Bonchev–Trinajstić information content (AvgIpc) is 2.26. The maximum absolute atomic E-state index is 5.43. The highest BCUT2D eigenvalue weighted by Gasteiger charge is 2.26. The van der Waals surface area contributed by atoms with Crippen LogP contribution in [0, 0.1) is 5.92 Å². The van der Waals surface area contributed by atoms with E-state index in [-0.39, 0.29) is 0 Å². The zero-order chi connectivity index (χ0) is 11.5. The molecule has 5 heteroatoms. The van der Waals surface area contributed by atoms with E-state index in [1.165, 1.54) is 12.8 Å². The molecule has 1 aromatic heterocycles. The fourth-order valence-electron chi connectivity index (χ4n) is 2.21. The van der Waals surface area contributed by atoms with Crippen molar-refractivity contribution >= 4 is 11.6 Å². The van der Waals surface area contributed by atoms with Gasteiger partial charge in [0, 0.05) is 11.6 Å². The fraction of sp³-hybridized carbons (Fsp3) is 0.636. The molecule has 0 aromatic carbocycles. The Morgan fingerprint density at radius 2 is 2.06 bits per heavy atom. The maximum Gasteiger partial charge on any atom is 0.148 e. The molecule has 0 unspecified atom stereocenters. The Morgan fingerprint density at radius 3 is 2.62 bits per heavy atom. The number of nitrogens with zero attached hydrogens (tertiary/aromatic N) is 2. The van der Waals surface area contributed by atoms with Crippen LogP contribution in [-0.4, -0.2) is 16.0 Å². The molecule has 1 saturated carbocycles. The summed E-state index contributed by atoms with van der Waals surface area (Å²) in [5, 5.41) is 3.46. The highest BCUT2D eigenvalue weighted by Crippen LogP contribution is 2.30. The van der Waals surface area contributed by atoms with Crippen LogP contribution in [0.15, 0.2) is 6.33 Å². The van der Waals surface area contributed by atoms with E-state index < -0.39 is 0 Å². The van der Waals surface area contributed by atoms with Crippen LogP contribution in [0.4, 0.5) is 11.6 Å². The van der Waals surface area contributed by atoms with Crippen LogP contribution < -0.4 is 16.6 Å². The molecule has 4 N–H and O–H groups in total. The summed E-state index contributed by atoms with van der Waals surface area (Å²) in [6.07, 6.45) is 4.85. The number of nitrogen functional groups attached to an aromatic ring is 1. The fourth-order valence-corrected chi connectivity index (χ4v) is 2.21. The number of nitrogens with two attached hydrogens (primary N) is 1. The first-order chi connectivity index (χ1) is 7.74. The van der Waals surface area contributed by atoms with Gasteiger partial charge in [-0.05, 0) is 25.2 Å². The van der Waals surface area contributed by atoms with Crippen molar-refractivity contribution in [1.82, 2.24) is 9.97 Å². The zero-order valence-corrected chi connectivity index (χ0v) is 9.83. The van der Waals surface area contributed by atoms with Gasteiger partial charge >= 0.3 is 0 Å². The largest absolute Gasteiger partial charge is 0.367 e. The summed E-state index contributed by atoms with van der Waals surface area (Å²) in [6.45, 7) is 4.35. The molecule has 0 amide bonds. The number of nitrogens with one attached hydrogen (secondary N) is 2. The highest BCUT2D eigenvalue weighted by atomic mass is 15.3. The van der Waals surface area contributed by atoms with Crippen molar-refractivity contribution in [1.29, 1.82) is 0 Å². The molecule has 1 aliphatic carbocycles. The molecular weight excluding hydrogens is 202 g/mol. The van der Waals surface area contributed by atoms with Crippen LogP contribution in [0.25, 0.3) is 0 Å². The standard InChI is InChI=1S/C11H19N5/c1-3-9-10(13-6-14-11(9)16-12)15-8-4-7(2)5-8/h6-8H,3-5,12H2,1-2H3,(H2,13,14,15,16). The Kier molecular flexibility index (Phi) is 3.24. The van der Waals surface area contributed by atoms with Crippen molar-refractivity contribution in [2.75, 3.05) is 10.7 Å². The predicted molar refractivity (Wildman–Crippen MR) is 65.0 cm³/mol. The van der Waals surface area contributed by atoms with Crippen molar-refractivity contribution in [3.05, 3.63) is 11.9 Å². The molecule has 1 aromatic rings. The number of aromatic nitrogens is 2. The summed E-state index contributed by atoms with van der Waals surface area (Å²) in [7, 11) is 0. The first kappa shape index (κ1) is 11.1. The second kappa shape index (κ2) is 4.65. The molecular formula is C11H19N5. The highest BCUT2D eigenvalue weighted by molar-refractivity contribution is 5.57. The van der Waals surface area contributed by atoms with Gasteiger partial charge in [-0.3, -0.25) is 0 Å². The quantitative estimate of drug-likeness (QED) is 0.531. The average molecular weight is 221 g/mol. The van der Waals surface area contributed by atoms with E-state index in [1.807, 2.05) is 0 Å². The molecule has 0 bridgehead atoms. The molecule has 0 radical (unpaired) electrons. The molecule has 0 saturated heterocycles. The van der Waals surface area contributed by atoms with Crippen LogP contribution in [0.2, 0.25) is 0 Å². The van der Waals surface area contributed by atoms with Crippen LogP contribution >= 0.6 is 0 Å². The van der Waals surface area contributed by atoms with E-state index in [1.54, 1.807) is 6.33 Å². The summed E-state index contributed by atoms with van der Waals surface area (Å²) in [5.41, 5.74) is 3.67. The molecule has 0 aliphatic heterocycles. The third-order valence-corrected chi connectivity index (χ3v) is 3.15. The van der Waals surface area contributed by atoms with E-state index in [9.17, 15) is 0 Å². The third kappa shape index (κ3) is 2.09. The predicted octanol–water partition coefficient (Wildman–Crippen LogP) is 1.53. The number of rotatable bonds is 4. The Hall–Kier alpha value is -1.36. The number of hydrazine groups is 1. The van der Waals surface area contributed by atoms with E-state index in [4.69, 9.17) is 5.84 Å². The van der Waals surface area contributed by atoms with E-state index in [0.717, 1.165) is 23.7 Å². The normalized spacial score (nSPS) is 23.7. The molecule has 0 spiro atoms. The zero-order valence-electron chi connectivity index (χ0n) is 9.83. The smallest absolute Gasteiger partial charge is 0.148 e. The monoisotopic (exact) mass is 221 g/mol. The van der Waals surface area contributed by atoms with E-state index in [0.29, 0.717) is 11.9 Å². The van der Waals surface area contributed by atoms with Crippen molar-refractivity contribution in [3.63, 3.8) is 0 Å². The Morgan fingerprint density at radius 1 is 1.38 bits per heavy atom. The van der Waals surface area contributed by atoms with E-state index in [2.05, 4.69) is 34.6 Å². The lowest BCUT2D eigenvalue weighted by Gasteiger charge is -2.34. The molecule has 0 atom stereocenters. The SMILES string of the molecule is CCc1c(NN)ncnc1NC1CC(C)C1. The lowest BCUT2D eigenvalue weighted by molar-refractivity contribution is 0.308. The first-order valence-electron chi connectivity index (χ1n) is 5.81. The van der Waals surface area contributed by atoms with Crippen LogP contribution in [0.5, 0.6) is 0 Å². The molecule has 1 aliphatic rings. The lowest BCUT2D eigenvalue weighted by Crippen LogP contribution is -2.34. The van der Waals surface area contributed by atoms with Gasteiger partial charge < -0.3 is 10.7 Å². The summed E-state index contributed by atoms with van der Waals surface area (Å²) in [4.78, 5) is 8.39. The number of anilines is 2. The van der Waals surface area contributed by atoms with Crippen molar-refractivity contribution in [2.45, 2.75) is 39.2 Å². The minimum Gasteiger partial charge on any atom is -0.367 e. The van der Waals surface area contributed by atoms with Crippen LogP contribution in [0.3, 0.4) is 0 Å². The number of hydrogen-bond acceptors (Lipinski definition) is 5. The van der Waals surface area contributed by atoms with Gasteiger partial charge in [-0.25, -0.2) is 15.8 Å². The van der Waals surface area contributed by atoms with Crippen molar-refractivity contribution in [3.8, 4) is 0 Å². The van der Waals surface area contributed by atoms with E-state index >= 15 is 0 Å². The second-order valence-electron chi connectivity index (χ2n) is 4.47. The minimum atomic E-state index is 0.556. The lowest BCUT2D eigenvalue weighted by atomic mass is 9.82. The van der Waals surface area contributed by atoms with Gasteiger partial charge in [-0.15, -0.1) is 0 Å². The maximum atomic E-state index is 5.43. The van der Waals surface area contributed by atoms with Gasteiger partial charge in [0.1, 0.15) is 18.0 Å². The molecule has 1 heterocycles. The summed E-state index contributed by atoms with van der Waals surface area (Å²) in [5.74, 6) is 7.89. The summed E-state index contributed by atoms with van der Waals surface area (Å²) < 4.78 is 0. The van der Waals surface area contributed by atoms with Gasteiger partial charge in [-0.2, -0.15) is 0 Å². The van der Waals surface area contributed by atoms with Gasteiger partial charge in [0.2, 0.25) is 0 Å². The molecule has 1 fully saturated rings. The number of hydrogen-bond donors (Lipinski definition) is 3. The Labute approximate surface area is 95.8 Å². The molecule has 5 nitrogen and oxygen atoms in total. The molecule has 88 valence electrons. The van der Waals surface area contributed by atoms with Gasteiger partial charge in [0.25, 0.3) is 0 Å². The minimum absolute atomic E-state index is 0.556. The van der Waals surface area contributed by atoms with Crippen LogP contribution in [-0.2, 0) is 6.42 Å². The van der Waals surface area contributed by atoms with Gasteiger partial charge in [0.15, 0.2) is 0 Å². The summed E-state index contributed by atoms with van der Waals surface area (Å²) >= 11 is 0. The first-order valence-corrected chi connectivity index (χ1v) is 5.81. The summed E-state index contributed by atoms with van der Waals surface area (Å²) in [6, 6.07) is 0.556. The molecule has 16 heavy (non-hydrogen) atoms. The Bertz CT molecular complexity index is 359. The van der Waals surface area contributed by atoms with Gasteiger partial charge in [-0.1, -0.05) is 13.8 Å². The second-order valence-corrected chi connectivity index (χ2v) is 4.47.